The minimum absolute atomic E-state index is 0.0651. The summed E-state index contributed by atoms with van der Waals surface area (Å²) in [7, 11) is 0. The first-order valence-electron chi connectivity index (χ1n) is 6.69. The molecular weight excluding hydrogens is 306 g/mol. The van der Waals surface area contributed by atoms with Gasteiger partial charge in [0.2, 0.25) is 0 Å². The van der Waals surface area contributed by atoms with E-state index in [0.29, 0.717) is 15.7 Å². The molecular formula is C14H20BrN3O. The fraction of sp³-hybridized carbons (Fsp3) is 0.500. The van der Waals surface area contributed by atoms with Gasteiger partial charge in [-0.3, -0.25) is 9.69 Å². The maximum absolute atomic E-state index is 12.5. The summed E-state index contributed by atoms with van der Waals surface area (Å²) in [5.74, 6) is 0.0651. The van der Waals surface area contributed by atoms with Gasteiger partial charge in [0.15, 0.2) is 0 Å². The van der Waals surface area contributed by atoms with Crippen molar-refractivity contribution in [3.8, 4) is 0 Å². The normalized spacial score (nSPS) is 16.6. The minimum Gasteiger partial charge on any atom is -0.398 e. The average Bonchev–Trinajstić information content (AvgIpc) is 2.42. The zero-order valence-electron chi connectivity index (χ0n) is 11.2. The molecule has 0 aliphatic carbocycles. The molecule has 0 atom stereocenters. The Hall–Kier alpha value is -1.07. The van der Waals surface area contributed by atoms with Crippen molar-refractivity contribution in [3.63, 3.8) is 0 Å². The van der Waals surface area contributed by atoms with Gasteiger partial charge in [0.05, 0.1) is 10.0 Å². The van der Waals surface area contributed by atoms with Crippen LogP contribution in [-0.2, 0) is 0 Å². The highest BCUT2D eigenvalue weighted by Crippen LogP contribution is 2.25. The van der Waals surface area contributed by atoms with Crippen LogP contribution in [0.15, 0.2) is 22.7 Å². The molecule has 0 unspecified atom stereocenters. The number of benzene rings is 1. The van der Waals surface area contributed by atoms with E-state index in [2.05, 4.69) is 27.8 Å². The molecule has 0 radical (unpaired) electrons. The minimum atomic E-state index is 0.0651. The summed E-state index contributed by atoms with van der Waals surface area (Å²) in [6.07, 6.45) is 1.16. The van der Waals surface area contributed by atoms with E-state index in [1.165, 1.54) is 0 Å². The largest absolute Gasteiger partial charge is 0.398 e. The number of piperazine rings is 1. The number of nitrogen functional groups attached to an aromatic ring is 1. The van der Waals surface area contributed by atoms with Crippen molar-refractivity contribution < 1.29 is 4.79 Å². The van der Waals surface area contributed by atoms with Gasteiger partial charge in [-0.2, -0.15) is 0 Å². The van der Waals surface area contributed by atoms with Crippen LogP contribution in [0, 0.1) is 0 Å². The van der Waals surface area contributed by atoms with Gasteiger partial charge in [-0.05, 0) is 41.0 Å². The van der Waals surface area contributed by atoms with Crippen molar-refractivity contribution in [1.29, 1.82) is 0 Å². The second kappa shape index (κ2) is 6.39. The van der Waals surface area contributed by atoms with Crippen molar-refractivity contribution in [2.24, 2.45) is 0 Å². The SMILES string of the molecule is CCCN1CCN(C(=O)c2cccc(N)c2Br)CC1. The maximum Gasteiger partial charge on any atom is 0.255 e. The smallest absolute Gasteiger partial charge is 0.255 e. The zero-order chi connectivity index (χ0) is 13.8. The molecule has 0 spiro atoms. The predicted molar refractivity (Wildman–Crippen MR) is 81.2 cm³/mol. The van der Waals surface area contributed by atoms with Gasteiger partial charge in [0, 0.05) is 31.9 Å². The monoisotopic (exact) mass is 325 g/mol. The third kappa shape index (κ3) is 3.28. The molecule has 19 heavy (non-hydrogen) atoms. The molecule has 1 aromatic carbocycles. The van der Waals surface area contributed by atoms with E-state index in [0.717, 1.165) is 39.1 Å². The third-order valence-electron chi connectivity index (χ3n) is 3.46. The fourth-order valence-corrected chi connectivity index (χ4v) is 2.81. The van der Waals surface area contributed by atoms with E-state index in [4.69, 9.17) is 5.73 Å². The van der Waals surface area contributed by atoms with Crippen LogP contribution in [0.5, 0.6) is 0 Å². The van der Waals surface area contributed by atoms with Crippen LogP contribution in [0.25, 0.3) is 0 Å². The van der Waals surface area contributed by atoms with Crippen molar-refractivity contribution >= 4 is 27.5 Å². The van der Waals surface area contributed by atoms with Crippen LogP contribution in [0.1, 0.15) is 23.7 Å². The first-order chi connectivity index (χ1) is 9.13. The first-order valence-corrected chi connectivity index (χ1v) is 7.48. The number of hydrogen-bond donors (Lipinski definition) is 1. The Kier molecular flexibility index (Phi) is 4.82. The zero-order valence-corrected chi connectivity index (χ0v) is 12.8. The second-order valence-corrected chi connectivity index (χ2v) is 5.64. The number of hydrogen-bond acceptors (Lipinski definition) is 3. The molecule has 1 aromatic rings. The van der Waals surface area contributed by atoms with Crippen LogP contribution >= 0.6 is 15.9 Å². The number of nitrogens with two attached hydrogens (primary N) is 1. The lowest BCUT2D eigenvalue weighted by molar-refractivity contribution is 0.0636. The number of nitrogens with zero attached hydrogens (tertiary/aromatic N) is 2. The van der Waals surface area contributed by atoms with Crippen LogP contribution < -0.4 is 5.73 Å². The molecule has 1 saturated heterocycles. The standard InChI is InChI=1S/C14H20BrN3O/c1-2-6-17-7-9-18(10-8-17)14(19)11-4-3-5-12(16)13(11)15/h3-5H,2,6-10,16H2,1H3. The van der Waals surface area contributed by atoms with Gasteiger partial charge in [-0.1, -0.05) is 13.0 Å². The molecule has 0 aromatic heterocycles. The van der Waals surface area contributed by atoms with E-state index in [-0.39, 0.29) is 5.91 Å². The van der Waals surface area contributed by atoms with Crippen molar-refractivity contribution in [2.45, 2.75) is 13.3 Å². The molecule has 0 saturated carbocycles. The summed E-state index contributed by atoms with van der Waals surface area (Å²) >= 11 is 3.40. The number of amides is 1. The summed E-state index contributed by atoms with van der Waals surface area (Å²) in [5.41, 5.74) is 7.09. The molecule has 0 bridgehead atoms. The van der Waals surface area contributed by atoms with Crippen LogP contribution in [0.3, 0.4) is 0 Å². The maximum atomic E-state index is 12.5. The van der Waals surface area contributed by atoms with E-state index in [1.807, 2.05) is 17.0 Å². The Morgan fingerprint density at radius 1 is 1.32 bits per heavy atom. The van der Waals surface area contributed by atoms with E-state index >= 15 is 0 Å². The van der Waals surface area contributed by atoms with Gasteiger partial charge in [0.1, 0.15) is 0 Å². The van der Waals surface area contributed by atoms with E-state index in [9.17, 15) is 4.79 Å². The Morgan fingerprint density at radius 3 is 2.63 bits per heavy atom. The highest BCUT2D eigenvalue weighted by atomic mass is 79.9. The number of carbonyl (C=O) groups is 1. The predicted octanol–water partition coefficient (Wildman–Crippen LogP) is 2.20. The average molecular weight is 326 g/mol. The highest BCUT2D eigenvalue weighted by molar-refractivity contribution is 9.10. The molecule has 1 amide bonds. The molecule has 1 heterocycles. The third-order valence-corrected chi connectivity index (χ3v) is 4.34. The number of rotatable bonds is 3. The summed E-state index contributed by atoms with van der Waals surface area (Å²) in [4.78, 5) is 16.8. The van der Waals surface area contributed by atoms with Gasteiger partial charge in [-0.15, -0.1) is 0 Å². The lowest BCUT2D eigenvalue weighted by Crippen LogP contribution is -2.48. The van der Waals surface area contributed by atoms with Gasteiger partial charge < -0.3 is 10.6 Å². The molecule has 2 N–H and O–H groups in total. The van der Waals surface area contributed by atoms with Gasteiger partial charge in [-0.25, -0.2) is 0 Å². The first kappa shape index (κ1) is 14.3. The molecule has 1 aliphatic rings. The van der Waals surface area contributed by atoms with Crippen LogP contribution in [0.4, 0.5) is 5.69 Å². The number of halogens is 1. The van der Waals surface area contributed by atoms with Crippen LogP contribution in [0.2, 0.25) is 0 Å². The topological polar surface area (TPSA) is 49.6 Å². The van der Waals surface area contributed by atoms with Crippen LogP contribution in [-0.4, -0.2) is 48.4 Å². The van der Waals surface area contributed by atoms with Crippen molar-refractivity contribution in [3.05, 3.63) is 28.2 Å². The summed E-state index contributed by atoms with van der Waals surface area (Å²) < 4.78 is 0.705. The summed E-state index contributed by atoms with van der Waals surface area (Å²) in [6, 6.07) is 5.43. The lowest BCUT2D eigenvalue weighted by atomic mass is 10.1. The summed E-state index contributed by atoms with van der Waals surface area (Å²) in [5, 5.41) is 0. The molecule has 104 valence electrons. The Labute approximate surface area is 122 Å². The quantitative estimate of drug-likeness (QED) is 0.867. The highest BCUT2D eigenvalue weighted by Gasteiger charge is 2.23. The summed E-state index contributed by atoms with van der Waals surface area (Å²) in [6.45, 7) is 6.80. The lowest BCUT2D eigenvalue weighted by Gasteiger charge is -2.34. The fourth-order valence-electron chi connectivity index (χ4n) is 2.38. The molecule has 5 heteroatoms. The number of anilines is 1. The van der Waals surface area contributed by atoms with E-state index < -0.39 is 0 Å². The van der Waals surface area contributed by atoms with Crippen molar-refractivity contribution in [1.82, 2.24) is 9.80 Å². The Morgan fingerprint density at radius 2 is 2.00 bits per heavy atom. The molecule has 4 nitrogen and oxygen atoms in total. The van der Waals surface area contributed by atoms with Gasteiger partial charge in [0.25, 0.3) is 5.91 Å². The Bertz CT molecular complexity index is 456. The van der Waals surface area contributed by atoms with E-state index in [1.54, 1.807) is 6.07 Å². The van der Waals surface area contributed by atoms with Crippen molar-refractivity contribution in [2.75, 3.05) is 38.5 Å². The second-order valence-electron chi connectivity index (χ2n) is 4.84. The van der Waals surface area contributed by atoms with Gasteiger partial charge >= 0.3 is 0 Å². The molecule has 1 fully saturated rings. The number of carbonyl (C=O) groups excluding carboxylic acids is 1. The molecule has 1 aliphatic heterocycles. The Balaban J connectivity index is 2.03. The molecule has 2 rings (SSSR count).